The molecule has 1 atom stereocenters. The second-order valence-electron chi connectivity index (χ2n) is 7.68. The molecule has 2 N–H and O–H groups in total. The third-order valence-electron chi connectivity index (χ3n) is 5.53. The number of fused-ring (bicyclic) bond motifs is 2. The van der Waals surface area contributed by atoms with Crippen LogP contribution in [0.3, 0.4) is 0 Å². The fraction of sp³-hybridized carbons (Fsp3) is 0.333. The number of benzene rings is 2. The standard InChI is InChI=1S/C20H24N2OS.C4H4O4/c1-21-9-11-22(12-10-21)18-13-15-5-3-4-6-19(15)23-20-8-7-16(24-2)14-17(18)20;5-3(6)1-2-4(7)8/h3-8,14,18H,9-13H2,1-2H3;1-2H,(H,5,6)(H,7,8)/b;2-1+. The molecule has 1 unspecified atom stereocenters. The summed E-state index contributed by atoms with van der Waals surface area (Å²) in [5.41, 5.74) is 2.64. The van der Waals surface area contributed by atoms with E-state index in [1.165, 1.54) is 16.0 Å². The Balaban J connectivity index is 0.000000312. The van der Waals surface area contributed by atoms with Crippen molar-refractivity contribution in [1.82, 2.24) is 9.80 Å². The lowest BCUT2D eigenvalue weighted by atomic mass is 9.96. The topological polar surface area (TPSA) is 90.3 Å². The van der Waals surface area contributed by atoms with Gasteiger partial charge in [-0.05, 0) is 49.6 Å². The average molecular weight is 457 g/mol. The number of rotatable bonds is 4. The SMILES string of the molecule is CSc1ccc2c(c1)C(N1CCN(C)CC1)Cc1ccccc1O2.O=C(O)/C=C/C(=O)O. The van der Waals surface area contributed by atoms with Crippen molar-refractivity contribution in [3.63, 3.8) is 0 Å². The highest BCUT2D eigenvalue weighted by Gasteiger charge is 2.30. The van der Waals surface area contributed by atoms with Crippen LogP contribution in [0.4, 0.5) is 0 Å². The van der Waals surface area contributed by atoms with E-state index in [2.05, 4.69) is 65.6 Å². The van der Waals surface area contributed by atoms with Gasteiger partial charge in [0.25, 0.3) is 0 Å². The minimum absolute atomic E-state index is 0.393. The normalized spacial score (nSPS) is 18.5. The molecule has 1 fully saturated rings. The zero-order chi connectivity index (χ0) is 23.1. The van der Waals surface area contributed by atoms with Gasteiger partial charge in [0.1, 0.15) is 11.5 Å². The largest absolute Gasteiger partial charge is 0.478 e. The van der Waals surface area contributed by atoms with E-state index in [9.17, 15) is 9.59 Å². The Bertz CT molecular complexity index is 970. The number of nitrogens with zero attached hydrogens (tertiary/aromatic N) is 2. The molecule has 8 heteroatoms. The van der Waals surface area contributed by atoms with Crippen LogP contribution in [-0.4, -0.2) is 71.4 Å². The molecule has 170 valence electrons. The van der Waals surface area contributed by atoms with Crippen molar-refractivity contribution in [2.24, 2.45) is 0 Å². The number of para-hydroxylation sites is 1. The lowest BCUT2D eigenvalue weighted by Crippen LogP contribution is -2.46. The molecule has 2 aromatic rings. The van der Waals surface area contributed by atoms with Gasteiger partial charge in [0, 0.05) is 54.8 Å². The van der Waals surface area contributed by atoms with Gasteiger partial charge in [0.05, 0.1) is 0 Å². The summed E-state index contributed by atoms with van der Waals surface area (Å²) in [6, 6.07) is 15.5. The fourth-order valence-electron chi connectivity index (χ4n) is 3.82. The summed E-state index contributed by atoms with van der Waals surface area (Å²) >= 11 is 1.80. The highest BCUT2D eigenvalue weighted by atomic mass is 32.2. The molecule has 32 heavy (non-hydrogen) atoms. The van der Waals surface area contributed by atoms with E-state index in [4.69, 9.17) is 14.9 Å². The summed E-state index contributed by atoms with van der Waals surface area (Å²) in [5.74, 6) is -0.492. The number of carboxylic acids is 2. The van der Waals surface area contributed by atoms with Gasteiger partial charge < -0.3 is 19.8 Å². The van der Waals surface area contributed by atoms with Crippen LogP contribution in [0.5, 0.6) is 11.5 Å². The van der Waals surface area contributed by atoms with Gasteiger partial charge in [-0.2, -0.15) is 0 Å². The summed E-state index contributed by atoms with van der Waals surface area (Å²) in [4.78, 5) is 25.5. The Kier molecular flexibility index (Phi) is 8.33. The van der Waals surface area contributed by atoms with E-state index in [-0.39, 0.29) is 0 Å². The number of ether oxygens (including phenoxy) is 1. The van der Waals surface area contributed by atoms with Crippen LogP contribution in [0.15, 0.2) is 59.5 Å². The van der Waals surface area contributed by atoms with Crippen molar-refractivity contribution in [1.29, 1.82) is 0 Å². The van der Waals surface area contributed by atoms with Crippen molar-refractivity contribution in [2.45, 2.75) is 17.4 Å². The summed E-state index contributed by atoms with van der Waals surface area (Å²) in [5, 5.41) is 15.6. The van der Waals surface area contributed by atoms with E-state index in [1.807, 2.05) is 0 Å². The number of hydrogen-bond donors (Lipinski definition) is 2. The average Bonchev–Trinajstić information content (AvgIpc) is 2.95. The maximum absolute atomic E-state index is 9.55. The molecule has 2 aliphatic heterocycles. The smallest absolute Gasteiger partial charge is 0.328 e. The van der Waals surface area contributed by atoms with E-state index in [0.29, 0.717) is 18.2 Å². The number of thioether (sulfide) groups is 1. The monoisotopic (exact) mass is 456 g/mol. The van der Waals surface area contributed by atoms with Crippen LogP contribution < -0.4 is 4.74 Å². The van der Waals surface area contributed by atoms with Crippen molar-refractivity contribution in [3.05, 3.63) is 65.7 Å². The van der Waals surface area contributed by atoms with Crippen LogP contribution in [0.2, 0.25) is 0 Å². The Morgan fingerprint density at radius 3 is 2.28 bits per heavy atom. The molecule has 2 aliphatic rings. The molecule has 0 aliphatic carbocycles. The lowest BCUT2D eigenvalue weighted by Gasteiger charge is -2.38. The molecule has 0 spiro atoms. The highest BCUT2D eigenvalue weighted by molar-refractivity contribution is 7.98. The highest BCUT2D eigenvalue weighted by Crippen LogP contribution is 2.42. The lowest BCUT2D eigenvalue weighted by molar-refractivity contribution is -0.134. The van der Waals surface area contributed by atoms with Crippen LogP contribution >= 0.6 is 11.8 Å². The van der Waals surface area contributed by atoms with Gasteiger partial charge in [-0.15, -0.1) is 11.8 Å². The van der Waals surface area contributed by atoms with Gasteiger partial charge in [0.15, 0.2) is 0 Å². The minimum atomic E-state index is -1.26. The second-order valence-corrected chi connectivity index (χ2v) is 8.56. The molecule has 0 amide bonds. The number of carboxylic acid groups (broad SMARTS) is 2. The minimum Gasteiger partial charge on any atom is -0.478 e. The van der Waals surface area contributed by atoms with Gasteiger partial charge >= 0.3 is 11.9 Å². The molecule has 2 aromatic carbocycles. The number of hydrogen-bond acceptors (Lipinski definition) is 6. The van der Waals surface area contributed by atoms with Gasteiger partial charge in [-0.1, -0.05) is 18.2 Å². The van der Waals surface area contributed by atoms with Crippen molar-refractivity contribution < 1.29 is 24.5 Å². The first-order valence-electron chi connectivity index (χ1n) is 10.4. The maximum atomic E-state index is 9.55. The summed E-state index contributed by atoms with van der Waals surface area (Å²) < 4.78 is 6.30. The molecule has 0 radical (unpaired) electrons. The molecular formula is C24H28N2O5S. The fourth-order valence-corrected chi connectivity index (χ4v) is 4.27. The van der Waals surface area contributed by atoms with E-state index < -0.39 is 11.9 Å². The van der Waals surface area contributed by atoms with Crippen LogP contribution in [0.25, 0.3) is 0 Å². The Morgan fingerprint density at radius 2 is 1.66 bits per heavy atom. The third-order valence-corrected chi connectivity index (χ3v) is 6.25. The molecular weight excluding hydrogens is 428 g/mol. The second kappa shape index (κ2) is 11.2. The number of likely N-dealkylation sites (N-methyl/N-ethyl adjacent to an activating group) is 1. The van der Waals surface area contributed by atoms with Crippen molar-refractivity contribution in [2.75, 3.05) is 39.5 Å². The summed E-state index contributed by atoms with van der Waals surface area (Å²) in [6.07, 6.45) is 4.27. The summed E-state index contributed by atoms with van der Waals surface area (Å²) in [7, 11) is 2.21. The number of aliphatic carboxylic acids is 2. The first kappa shape index (κ1) is 23.8. The van der Waals surface area contributed by atoms with Gasteiger partial charge in [0.2, 0.25) is 0 Å². The van der Waals surface area contributed by atoms with Crippen LogP contribution in [0, 0.1) is 0 Å². The van der Waals surface area contributed by atoms with E-state index >= 15 is 0 Å². The predicted molar refractivity (Wildman–Crippen MR) is 125 cm³/mol. The number of carbonyl (C=O) groups is 2. The van der Waals surface area contributed by atoms with Crippen molar-refractivity contribution >= 4 is 23.7 Å². The number of piperazine rings is 1. The molecule has 0 saturated carbocycles. The first-order chi connectivity index (χ1) is 15.4. The van der Waals surface area contributed by atoms with Crippen molar-refractivity contribution in [3.8, 4) is 11.5 Å². The summed E-state index contributed by atoms with van der Waals surface area (Å²) in [6.45, 7) is 4.51. The Morgan fingerprint density at radius 1 is 1.00 bits per heavy atom. The predicted octanol–water partition coefficient (Wildman–Crippen LogP) is 3.76. The maximum Gasteiger partial charge on any atom is 0.328 e. The van der Waals surface area contributed by atoms with Gasteiger partial charge in [-0.25, -0.2) is 9.59 Å². The Hall–Kier alpha value is -2.81. The third kappa shape index (κ3) is 6.35. The first-order valence-corrected chi connectivity index (χ1v) is 11.6. The Labute approximate surface area is 192 Å². The zero-order valence-electron chi connectivity index (χ0n) is 18.2. The quantitative estimate of drug-likeness (QED) is 0.531. The van der Waals surface area contributed by atoms with E-state index in [1.54, 1.807) is 11.8 Å². The molecule has 1 saturated heterocycles. The molecule has 2 heterocycles. The molecule has 0 aromatic heterocycles. The molecule has 7 nitrogen and oxygen atoms in total. The zero-order valence-corrected chi connectivity index (χ0v) is 19.0. The van der Waals surface area contributed by atoms with Gasteiger partial charge in [-0.3, -0.25) is 4.90 Å². The van der Waals surface area contributed by atoms with Crippen LogP contribution in [0.1, 0.15) is 17.2 Å². The molecule has 4 rings (SSSR count). The molecule has 0 bridgehead atoms. The van der Waals surface area contributed by atoms with E-state index in [0.717, 1.165) is 44.1 Å². The van der Waals surface area contributed by atoms with Crippen LogP contribution in [-0.2, 0) is 16.0 Å².